The number of halogens is 1. The van der Waals surface area contributed by atoms with Crippen molar-refractivity contribution in [3.63, 3.8) is 0 Å². The molecule has 7 heteroatoms. The molecule has 0 aliphatic rings. The van der Waals surface area contributed by atoms with Crippen LogP contribution in [0.4, 0.5) is 10.1 Å². The van der Waals surface area contributed by atoms with Crippen LogP contribution in [0.2, 0.25) is 0 Å². The molecule has 0 spiro atoms. The van der Waals surface area contributed by atoms with Gasteiger partial charge in [0.25, 0.3) is 0 Å². The molecule has 22 rings (SSSR count). The second-order valence-electron chi connectivity index (χ2n) is 33.7. The van der Waals surface area contributed by atoms with Gasteiger partial charge >= 0.3 is 0 Å². The molecule has 4 heterocycles. The molecule has 0 bridgehead atoms. The lowest BCUT2D eigenvalue weighted by Crippen LogP contribution is -2.10. The van der Waals surface area contributed by atoms with Gasteiger partial charge in [-0.3, -0.25) is 0 Å². The van der Waals surface area contributed by atoms with Gasteiger partial charge in [-0.2, -0.15) is 5.26 Å². The summed E-state index contributed by atoms with van der Waals surface area (Å²) in [6.07, 6.45) is 0. The Hall–Kier alpha value is -15.0. The average molecular weight is 1770 g/mol. The van der Waals surface area contributed by atoms with Crippen molar-refractivity contribution in [1.29, 1.82) is 5.26 Å². The number of anilines is 1. The Labute approximate surface area is 789 Å². The highest BCUT2D eigenvalue weighted by Gasteiger charge is 2.28. The first-order valence-corrected chi connectivity index (χ1v) is 48.2. The number of fused-ring (bicyclic) bond motifs is 4. The van der Waals surface area contributed by atoms with Crippen LogP contribution >= 0.6 is 45.3 Å². The van der Waals surface area contributed by atoms with Crippen LogP contribution in [0.1, 0.15) is 56.2 Å². The minimum absolute atomic E-state index is 0.192. The molecule has 0 saturated carbocycles. The van der Waals surface area contributed by atoms with Crippen molar-refractivity contribution in [2.24, 2.45) is 0 Å². The molecule has 0 aliphatic heterocycles. The Morgan fingerprint density at radius 2 is 0.515 bits per heavy atom. The Morgan fingerprint density at radius 3 is 0.947 bits per heavy atom. The third-order valence-electron chi connectivity index (χ3n) is 24.5. The normalized spacial score (nSPS) is 11.1. The summed E-state index contributed by atoms with van der Waals surface area (Å²) in [6.45, 7) is 9.24. The molecule has 132 heavy (non-hydrogen) atoms. The first-order valence-electron chi connectivity index (χ1n) is 44.9. The van der Waals surface area contributed by atoms with Crippen molar-refractivity contribution in [3.05, 3.63) is 477 Å². The molecule has 0 radical (unpaired) electrons. The summed E-state index contributed by atoms with van der Waals surface area (Å²) in [4.78, 5) is 12.1. The molecule has 0 N–H and O–H groups in total. The SMILES string of the molecule is CC(C)c1cccc(C(C)C)c1-c1sc(-c2ccccc2-c2ccccc2)c2ccccc12.CN(C)c1cccc(-c2ccccc2)c1-c1sc(-c2ccccc2)c2ccccc12.Fc1ccccc1-c1sc(-c2cc(-c3ccccc3)ccc2-c2ccccc2)c2ccccc12.N#Cc1cc(-c2ccccc2)cc(-c2ccccc2)c1-c1sc(-c2ccccc2)c2ccccc12. The number of benzene rings is 18. The highest BCUT2D eigenvalue weighted by Crippen LogP contribution is 2.55. The predicted octanol–water partition coefficient (Wildman–Crippen LogP) is 37.3. The van der Waals surface area contributed by atoms with E-state index in [4.69, 9.17) is 0 Å². The van der Waals surface area contributed by atoms with Gasteiger partial charge in [-0.1, -0.05) is 452 Å². The summed E-state index contributed by atoms with van der Waals surface area (Å²) < 4.78 is 14.9. The zero-order chi connectivity index (χ0) is 90.0. The van der Waals surface area contributed by atoms with Crippen LogP contribution in [0.15, 0.2) is 455 Å². The third-order valence-corrected chi connectivity index (χ3v) is 29.6. The Bertz CT molecular complexity index is 7810. The molecule has 636 valence electrons. The number of rotatable bonds is 17. The molecule has 2 nitrogen and oxygen atoms in total. The van der Waals surface area contributed by atoms with Crippen molar-refractivity contribution in [2.75, 3.05) is 19.0 Å². The van der Waals surface area contributed by atoms with Gasteiger partial charge in [-0.25, -0.2) is 4.39 Å². The van der Waals surface area contributed by atoms with E-state index in [0.717, 1.165) is 58.8 Å². The second-order valence-corrected chi connectivity index (χ2v) is 37.8. The van der Waals surface area contributed by atoms with Crippen molar-refractivity contribution < 1.29 is 4.39 Å². The Balaban J connectivity index is 0.000000114. The summed E-state index contributed by atoms with van der Waals surface area (Å²) >= 11 is 7.28. The minimum atomic E-state index is -0.192. The average Bonchev–Trinajstić information content (AvgIpc) is 1.46. The van der Waals surface area contributed by atoms with Crippen molar-refractivity contribution in [2.45, 2.75) is 39.5 Å². The van der Waals surface area contributed by atoms with Gasteiger partial charge in [-0.05, 0) is 137 Å². The maximum Gasteiger partial charge on any atom is 0.131 e. The number of hydrogen-bond donors (Lipinski definition) is 0. The molecular formula is C125H95FN2S4. The number of hydrogen-bond acceptors (Lipinski definition) is 6. The summed E-state index contributed by atoms with van der Waals surface area (Å²) in [6, 6.07) is 162. The summed E-state index contributed by atoms with van der Waals surface area (Å²) in [7, 11) is 4.25. The quantitative estimate of drug-likeness (QED) is 0.0908. The number of nitriles is 1. The van der Waals surface area contributed by atoms with Gasteiger partial charge < -0.3 is 4.90 Å². The van der Waals surface area contributed by atoms with Gasteiger partial charge in [0.1, 0.15) is 5.82 Å². The van der Waals surface area contributed by atoms with Crippen LogP contribution in [0.5, 0.6) is 0 Å². The van der Waals surface area contributed by atoms with E-state index in [1.165, 1.54) is 152 Å². The van der Waals surface area contributed by atoms with Crippen LogP contribution in [0.3, 0.4) is 0 Å². The molecular weight excluding hydrogens is 1680 g/mol. The zero-order valence-electron chi connectivity index (χ0n) is 74.4. The lowest BCUT2D eigenvalue weighted by molar-refractivity contribution is 0.632. The van der Waals surface area contributed by atoms with Crippen molar-refractivity contribution in [3.8, 4) is 156 Å². The maximum atomic E-state index is 14.9. The fourth-order valence-electron chi connectivity index (χ4n) is 18.2. The third kappa shape index (κ3) is 17.8. The van der Waals surface area contributed by atoms with Crippen molar-refractivity contribution >= 4 is 94.1 Å². The van der Waals surface area contributed by atoms with E-state index in [0.29, 0.717) is 23.0 Å². The molecule has 0 amide bonds. The molecule has 0 atom stereocenters. The van der Waals surface area contributed by atoms with Crippen LogP contribution in [0.25, 0.3) is 193 Å². The number of thiophene rings is 4. The fourth-order valence-corrected chi connectivity index (χ4v) is 23.6. The topological polar surface area (TPSA) is 27.0 Å². The summed E-state index contributed by atoms with van der Waals surface area (Å²) in [5.41, 5.74) is 28.2. The summed E-state index contributed by atoms with van der Waals surface area (Å²) in [5, 5.41) is 20.3. The Kier molecular flexibility index (Phi) is 25.9. The molecule has 22 aromatic rings. The first kappa shape index (κ1) is 86.4. The molecule has 0 unspecified atom stereocenters. The lowest BCUT2D eigenvalue weighted by atomic mass is 9.87. The Morgan fingerprint density at radius 1 is 0.220 bits per heavy atom. The van der Waals surface area contributed by atoms with Gasteiger partial charge in [0.05, 0.1) is 11.6 Å². The van der Waals surface area contributed by atoms with E-state index in [1.54, 1.807) is 28.7 Å². The van der Waals surface area contributed by atoms with Crippen LogP contribution < -0.4 is 4.90 Å². The van der Waals surface area contributed by atoms with E-state index in [2.05, 4.69) is 429 Å². The maximum absolute atomic E-state index is 14.9. The number of nitrogens with zero attached hydrogens (tertiary/aromatic N) is 2. The molecule has 0 fully saturated rings. The molecule has 18 aromatic carbocycles. The standard InChI is InChI=1S/C33H21NS.C32H21FS.C32H30S.C28H23NS/c34-22-27-20-26(23-12-4-1-5-13-23)21-30(24-14-6-2-7-15-24)31(27)33-29-19-11-10-18-28(29)32(35-33)25-16-8-3-9-17-25;33-30-18-10-9-17-28(30)31-26-15-7-8-16-27(26)32(34-31)29-21-24(22-11-3-1-4-12-22)19-20-25(29)23-13-5-2-6-14-23;1-21(2)24-19-12-20-25(22(3)4)30(24)32-29-18-11-10-17-28(29)31(33-32)27-16-9-8-15-26(27)23-13-6-5-7-14-23;1-29(2)25-19-11-18-22(20-12-5-3-6-13-20)26(25)28-24-17-10-9-16-23(24)27(30-28)21-14-7-4-8-15-21/h1-21H;1-21H;5-22H,1-4H3;3-19H,1-2H3. The van der Waals surface area contributed by atoms with Gasteiger partial charge in [0, 0.05) is 130 Å². The molecule has 0 saturated heterocycles. The fraction of sp³-hybridized carbons (Fsp3) is 0.0640. The van der Waals surface area contributed by atoms with Crippen molar-refractivity contribution in [1.82, 2.24) is 0 Å². The zero-order valence-corrected chi connectivity index (χ0v) is 77.6. The van der Waals surface area contributed by atoms with Gasteiger partial charge in [0.2, 0.25) is 0 Å². The van der Waals surface area contributed by atoms with E-state index in [-0.39, 0.29) is 5.82 Å². The lowest BCUT2D eigenvalue weighted by Gasteiger charge is -2.20. The van der Waals surface area contributed by atoms with E-state index >= 15 is 0 Å². The highest BCUT2D eigenvalue weighted by atomic mass is 32.1. The van der Waals surface area contributed by atoms with E-state index in [1.807, 2.05) is 89.4 Å². The molecule has 4 aromatic heterocycles. The predicted molar refractivity (Wildman–Crippen MR) is 571 cm³/mol. The largest absolute Gasteiger partial charge is 0.377 e. The van der Waals surface area contributed by atoms with Gasteiger partial charge in [0.15, 0.2) is 0 Å². The summed E-state index contributed by atoms with van der Waals surface area (Å²) in [5.74, 6) is 0.751. The molecule has 0 aliphatic carbocycles. The van der Waals surface area contributed by atoms with E-state index < -0.39 is 0 Å². The smallest absolute Gasteiger partial charge is 0.131 e. The highest BCUT2D eigenvalue weighted by molar-refractivity contribution is 7.22. The van der Waals surface area contributed by atoms with E-state index in [9.17, 15) is 9.65 Å². The van der Waals surface area contributed by atoms with Crippen LogP contribution in [-0.2, 0) is 0 Å². The monoisotopic (exact) mass is 1770 g/mol. The van der Waals surface area contributed by atoms with Crippen LogP contribution in [0, 0.1) is 17.1 Å². The minimum Gasteiger partial charge on any atom is -0.377 e. The first-order chi connectivity index (χ1) is 64.9. The van der Waals surface area contributed by atoms with Gasteiger partial charge in [-0.15, -0.1) is 45.3 Å². The van der Waals surface area contributed by atoms with Crippen LogP contribution in [-0.4, -0.2) is 14.1 Å². The second kappa shape index (κ2) is 39.5.